The van der Waals surface area contributed by atoms with Crippen molar-refractivity contribution in [2.24, 2.45) is 0 Å². The number of hydrogen-bond donors (Lipinski definition) is 3. The predicted octanol–water partition coefficient (Wildman–Crippen LogP) is 0.0646. The second-order valence-electron chi connectivity index (χ2n) is 3.07. The molecule has 6 heteroatoms. The van der Waals surface area contributed by atoms with E-state index in [9.17, 15) is 14.7 Å². The number of phenols is 1. The fourth-order valence-electron chi connectivity index (χ4n) is 1.16. The highest BCUT2D eigenvalue weighted by atomic mass is 16.4. The summed E-state index contributed by atoms with van der Waals surface area (Å²) in [5.41, 5.74) is 0.284. The van der Waals surface area contributed by atoms with Crippen LogP contribution < -0.4 is 5.32 Å². The summed E-state index contributed by atoms with van der Waals surface area (Å²) in [7, 11) is 0. The van der Waals surface area contributed by atoms with Gasteiger partial charge in [0.25, 0.3) is 0 Å². The Morgan fingerprint density at radius 2 is 1.81 bits per heavy atom. The molecule has 85 valence electrons. The fraction of sp³-hybridized carbons (Fsp3) is 0.200. The molecule has 0 bridgehead atoms. The normalized spacial score (nSPS) is 11.8. The van der Waals surface area contributed by atoms with Gasteiger partial charge in [-0.3, -0.25) is 4.79 Å². The van der Waals surface area contributed by atoms with E-state index in [1.807, 2.05) is 0 Å². The molecule has 0 aliphatic carbocycles. The Balaban J connectivity index is 2.89. The lowest BCUT2D eigenvalue weighted by Gasteiger charge is -2.13. The van der Waals surface area contributed by atoms with Crippen LogP contribution in [0.15, 0.2) is 24.3 Å². The van der Waals surface area contributed by atoms with Gasteiger partial charge in [-0.25, -0.2) is 9.90 Å². The highest BCUT2D eigenvalue weighted by Crippen LogP contribution is 2.17. The smallest absolute Gasteiger partial charge is 0.330 e. The average Bonchev–Trinajstić information content (AvgIpc) is 2.26. The highest BCUT2D eigenvalue weighted by Gasteiger charge is 2.21. The van der Waals surface area contributed by atoms with Crippen LogP contribution in [0, 0.1) is 0 Å². The maximum atomic E-state index is 10.9. The minimum absolute atomic E-state index is 0.0111. The van der Waals surface area contributed by atoms with Crippen LogP contribution in [0.4, 0.5) is 0 Å². The molecule has 0 saturated heterocycles. The van der Waals surface area contributed by atoms with Crippen molar-refractivity contribution in [3.8, 4) is 5.75 Å². The number of rotatable bonds is 4. The molecule has 16 heavy (non-hydrogen) atoms. The fourth-order valence-corrected chi connectivity index (χ4v) is 1.16. The van der Waals surface area contributed by atoms with Gasteiger partial charge in [0.2, 0.25) is 5.91 Å². The van der Waals surface area contributed by atoms with E-state index in [0.29, 0.717) is 0 Å². The Bertz CT molecular complexity index is 387. The Kier molecular flexibility index (Phi) is 3.84. The van der Waals surface area contributed by atoms with Crippen LogP contribution in [0.5, 0.6) is 5.75 Å². The molecule has 1 atom stereocenters. The number of hydrogen-bond acceptors (Lipinski definition) is 3. The molecule has 1 amide bonds. The third-order valence-corrected chi connectivity index (χ3v) is 1.91. The first-order chi connectivity index (χ1) is 7.54. The molecular formula is C10H10NO5. The van der Waals surface area contributed by atoms with Gasteiger partial charge in [0, 0.05) is 0 Å². The number of carboxylic acids is 1. The Hall–Kier alpha value is -2.08. The minimum atomic E-state index is -1.28. The number of carbonyl (C=O) groups excluding carboxylic acids is 1. The maximum Gasteiger partial charge on any atom is 0.330 e. The van der Waals surface area contributed by atoms with E-state index in [1.54, 1.807) is 0 Å². The van der Waals surface area contributed by atoms with E-state index >= 15 is 0 Å². The lowest BCUT2D eigenvalue weighted by Crippen LogP contribution is -2.35. The molecule has 1 aromatic rings. The van der Waals surface area contributed by atoms with Crippen molar-refractivity contribution in [3.63, 3.8) is 0 Å². The van der Waals surface area contributed by atoms with E-state index in [0.717, 1.165) is 0 Å². The third-order valence-electron chi connectivity index (χ3n) is 1.91. The van der Waals surface area contributed by atoms with Gasteiger partial charge >= 0.3 is 5.97 Å². The lowest BCUT2D eigenvalue weighted by atomic mass is 10.1. The summed E-state index contributed by atoms with van der Waals surface area (Å²) in [6.07, 6.45) is 0. The Labute approximate surface area is 91.1 Å². The lowest BCUT2D eigenvalue weighted by molar-refractivity contribution is -0.142. The van der Waals surface area contributed by atoms with E-state index in [4.69, 9.17) is 10.2 Å². The Morgan fingerprint density at radius 3 is 2.25 bits per heavy atom. The quantitative estimate of drug-likeness (QED) is 0.672. The first-order valence-corrected chi connectivity index (χ1v) is 4.44. The molecule has 1 radical (unpaired) electrons. The molecule has 1 rings (SSSR count). The zero-order chi connectivity index (χ0) is 12.1. The predicted molar refractivity (Wildman–Crippen MR) is 52.2 cm³/mol. The van der Waals surface area contributed by atoms with Crippen molar-refractivity contribution in [2.75, 3.05) is 6.61 Å². The molecule has 0 unspecified atom stereocenters. The summed E-state index contributed by atoms with van der Waals surface area (Å²) >= 11 is 0. The number of aliphatic carboxylic acids is 1. The number of nitrogens with one attached hydrogen (secondary N) is 1. The van der Waals surface area contributed by atoms with Crippen LogP contribution in [0.2, 0.25) is 0 Å². The number of benzene rings is 1. The molecule has 0 heterocycles. The summed E-state index contributed by atoms with van der Waals surface area (Å²) in [6.45, 7) is -1.03. The second kappa shape index (κ2) is 5.13. The van der Waals surface area contributed by atoms with Gasteiger partial charge < -0.3 is 15.5 Å². The molecule has 0 aromatic heterocycles. The van der Waals surface area contributed by atoms with Crippen molar-refractivity contribution < 1.29 is 24.9 Å². The van der Waals surface area contributed by atoms with Gasteiger partial charge in [0.1, 0.15) is 5.75 Å². The maximum absolute atomic E-state index is 10.9. The largest absolute Gasteiger partial charge is 0.508 e. The van der Waals surface area contributed by atoms with Gasteiger partial charge in [-0.05, 0) is 17.7 Å². The molecule has 0 saturated carbocycles. The van der Waals surface area contributed by atoms with Gasteiger partial charge in [0.15, 0.2) is 12.6 Å². The third kappa shape index (κ3) is 2.96. The molecule has 6 nitrogen and oxygen atoms in total. The topological polar surface area (TPSA) is 107 Å². The number of carbonyl (C=O) groups is 2. The molecule has 0 fully saturated rings. The van der Waals surface area contributed by atoms with Gasteiger partial charge in [-0.1, -0.05) is 12.1 Å². The van der Waals surface area contributed by atoms with Gasteiger partial charge in [-0.2, -0.15) is 0 Å². The van der Waals surface area contributed by atoms with Crippen molar-refractivity contribution in [1.29, 1.82) is 0 Å². The number of phenolic OH excluding ortho intramolecular Hbond substituents is 1. The van der Waals surface area contributed by atoms with Crippen LogP contribution in [-0.2, 0) is 14.7 Å². The monoisotopic (exact) mass is 224 g/mol. The van der Waals surface area contributed by atoms with Gasteiger partial charge in [-0.15, -0.1) is 0 Å². The van der Waals surface area contributed by atoms with Crippen LogP contribution in [0.3, 0.4) is 0 Å². The van der Waals surface area contributed by atoms with E-state index in [2.05, 4.69) is 5.32 Å². The van der Waals surface area contributed by atoms with E-state index in [1.165, 1.54) is 24.3 Å². The van der Waals surface area contributed by atoms with Gasteiger partial charge in [0.05, 0.1) is 0 Å². The summed E-state index contributed by atoms with van der Waals surface area (Å²) < 4.78 is 0. The van der Waals surface area contributed by atoms with E-state index < -0.39 is 24.5 Å². The molecule has 3 N–H and O–H groups in total. The van der Waals surface area contributed by atoms with Crippen molar-refractivity contribution in [1.82, 2.24) is 5.32 Å². The van der Waals surface area contributed by atoms with Crippen molar-refractivity contribution >= 4 is 11.9 Å². The Morgan fingerprint density at radius 1 is 1.25 bits per heavy atom. The number of aromatic hydroxyl groups is 1. The summed E-state index contributed by atoms with van der Waals surface area (Å²) in [5, 5.41) is 30.2. The van der Waals surface area contributed by atoms with Crippen LogP contribution in [0.1, 0.15) is 11.6 Å². The summed E-state index contributed by atoms with van der Waals surface area (Å²) in [5.74, 6) is -2.17. The minimum Gasteiger partial charge on any atom is -0.508 e. The highest BCUT2D eigenvalue weighted by molar-refractivity contribution is 5.85. The average molecular weight is 224 g/mol. The zero-order valence-corrected chi connectivity index (χ0v) is 8.21. The SMILES string of the molecule is [O]CC(=O)N[C@@H](C(=O)O)c1ccc(O)cc1. The van der Waals surface area contributed by atoms with Crippen LogP contribution in [0.25, 0.3) is 0 Å². The number of carboxylic acid groups (broad SMARTS) is 1. The zero-order valence-electron chi connectivity index (χ0n) is 8.21. The summed E-state index contributed by atoms with van der Waals surface area (Å²) in [4.78, 5) is 21.7. The first-order valence-electron chi connectivity index (χ1n) is 4.44. The van der Waals surface area contributed by atoms with Crippen molar-refractivity contribution in [2.45, 2.75) is 6.04 Å². The molecule has 1 aromatic carbocycles. The second-order valence-corrected chi connectivity index (χ2v) is 3.07. The van der Waals surface area contributed by atoms with Crippen molar-refractivity contribution in [3.05, 3.63) is 29.8 Å². The first kappa shape index (κ1) is 12.0. The molecule has 0 spiro atoms. The van der Waals surface area contributed by atoms with Crippen LogP contribution >= 0.6 is 0 Å². The standard InChI is InChI=1S/C10H10NO5/c12-5-8(14)11-9(10(15)16)6-1-3-7(13)4-2-6/h1-4,9,13H,5H2,(H,11,14)(H,15,16)/t9-/m1/s1. The molecule has 0 aliphatic rings. The number of amides is 1. The molecular weight excluding hydrogens is 214 g/mol. The molecule has 0 aliphatic heterocycles. The van der Waals surface area contributed by atoms with Crippen LogP contribution in [-0.4, -0.2) is 28.7 Å². The van der Waals surface area contributed by atoms with E-state index in [-0.39, 0.29) is 11.3 Å². The summed E-state index contributed by atoms with van der Waals surface area (Å²) in [6, 6.07) is 4.05.